The fourth-order valence-corrected chi connectivity index (χ4v) is 3.40. The number of amides is 4. The van der Waals surface area contributed by atoms with Gasteiger partial charge in [0, 0.05) is 19.2 Å². The topological polar surface area (TPSA) is 106 Å². The molecule has 2 N–H and O–H groups in total. The maximum Gasteiger partial charge on any atom is 0.323 e. The third-order valence-electron chi connectivity index (χ3n) is 5.19. The molecule has 0 radical (unpaired) electrons. The van der Waals surface area contributed by atoms with Crippen molar-refractivity contribution in [1.82, 2.24) is 25.1 Å². The number of ether oxygens (including phenoxy) is 1. The molecule has 1 saturated heterocycles. The number of imide groups is 1. The van der Waals surface area contributed by atoms with Crippen molar-refractivity contribution in [2.45, 2.75) is 19.0 Å². The first kappa shape index (κ1) is 18.6. The molecule has 148 valence electrons. The van der Waals surface area contributed by atoms with Gasteiger partial charge in [0.1, 0.15) is 17.3 Å². The van der Waals surface area contributed by atoms with E-state index in [-0.39, 0.29) is 12.5 Å². The van der Waals surface area contributed by atoms with E-state index in [0.717, 1.165) is 11.4 Å². The van der Waals surface area contributed by atoms with E-state index in [9.17, 15) is 14.4 Å². The number of hydrogen-bond acceptors (Lipinski definition) is 5. The minimum Gasteiger partial charge on any atom is -0.497 e. The number of fused-ring (bicyclic) bond motifs is 1. The molecule has 1 atom stereocenters. The Kier molecular flexibility index (Phi) is 4.27. The molecular formula is C20H19N5O4. The number of hydrogen-bond donors (Lipinski definition) is 2. The van der Waals surface area contributed by atoms with Gasteiger partial charge in [-0.3, -0.25) is 14.9 Å². The minimum atomic E-state index is -1.54. The standard InChI is InChI=1S/C20H19N5O4/c1-12-21-9-14(24(12)2)6-7-20(18(27)22-19(28)23-20)11-25-10-13-4-5-15(29-3)8-16(13)17(25)26/h4-5,8-9H,10-11H2,1-3H3,(H2,22,23,27,28)/t20-/m1/s1. The molecule has 9 nitrogen and oxygen atoms in total. The third-order valence-corrected chi connectivity index (χ3v) is 5.19. The van der Waals surface area contributed by atoms with Crippen LogP contribution < -0.4 is 15.4 Å². The van der Waals surface area contributed by atoms with Crippen molar-refractivity contribution < 1.29 is 19.1 Å². The summed E-state index contributed by atoms with van der Waals surface area (Å²) in [5, 5.41) is 4.81. The maximum absolute atomic E-state index is 12.9. The van der Waals surface area contributed by atoms with E-state index in [1.165, 1.54) is 12.0 Å². The van der Waals surface area contributed by atoms with Crippen LogP contribution in [-0.2, 0) is 18.4 Å². The summed E-state index contributed by atoms with van der Waals surface area (Å²) < 4.78 is 6.96. The molecule has 3 heterocycles. The SMILES string of the molecule is COc1ccc2c(c1)C(=O)N(C[C@@]1(C#Cc3cnc(C)n3C)NC(=O)NC1=O)C2. The number of benzene rings is 1. The number of aromatic nitrogens is 2. The van der Waals surface area contributed by atoms with E-state index < -0.39 is 17.5 Å². The van der Waals surface area contributed by atoms with Crippen LogP contribution in [0.15, 0.2) is 24.4 Å². The molecule has 0 bridgehead atoms. The smallest absolute Gasteiger partial charge is 0.323 e. The van der Waals surface area contributed by atoms with Crippen LogP contribution in [0.2, 0.25) is 0 Å². The fourth-order valence-electron chi connectivity index (χ4n) is 3.40. The number of methoxy groups -OCH3 is 1. The summed E-state index contributed by atoms with van der Waals surface area (Å²) in [5.41, 5.74) is 0.388. The molecule has 2 aliphatic rings. The Morgan fingerprint density at radius 2 is 2.10 bits per heavy atom. The van der Waals surface area contributed by atoms with Gasteiger partial charge in [0.15, 0.2) is 0 Å². The van der Waals surface area contributed by atoms with Crippen LogP contribution in [0.4, 0.5) is 4.79 Å². The molecule has 0 spiro atoms. The van der Waals surface area contributed by atoms with E-state index in [2.05, 4.69) is 27.5 Å². The van der Waals surface area contributed by atoms with Crippen molar-refractivity contribution in [3.63, 3.8) is 0 Å². The molecular weight excluding hydrogens is 374 g/mol. The lowest BCUT2D eigenvalue weighted by Gasteiger charge is -2.26. The summed E-state index contributed by atoms with van der Waals surface area (Å²) in [6.07, 6.45) is 1.59. The van der Waals surface area contributed by atoms with Crippen molar-refractivity contribution >= 4 is 17.8 Å². The van der Waals surface area contributed by atoms with Gasteiger partial charge in [-0.05, 0) is 30.5 Å². The van der Waals surface area contributed by atoms with Crippen LogP contribution >= 0.6 is 0 Å². The summed E-state index contributed by atoms with van der Waals surface area (Å²) in [6, 6.07) is 4.62. The number of nitrogens with zero attached hydrogens (tertiary/aromatic N) is 3. The molecule has 4 amide bonds. The van der Waals surface area contributed by atoms with Crippen LogP contribution in [0.5, 0.6) is 5.75 Å². The van der Waals surface area contributed by atoms with Gasteiger partial charge < -0.3 is 19.5 Å². The maximum atomic E-state index is 12.9. The zero-order valence-corrected chi connectivity index (χ0v) is 16.2. The van der Waals surface area contributed by atoms with Gasteiger partial charge in [0.2, 0.25) is 5.54 Å². The van der Waals surface area contributed by atoms with E-state index in [4.69, 9.17) is 4.74 Å². The van der Waals surface area contributed by atoms with Gasteiger partial charge in [-0.2, -0.15) is 0 Å². The predicted octanol–water partition coefficient (Wildman–Crippen LogP) is 0.323. The van der Waals surface area contributed by atoms with Crippen LogP contribution in [0.25, 0.3) is 0 Å². The van der Waals surface area contributed by atoms with Crippen molar-refractivity contribution in [2.75, 3.05) is 13.7 Å². The summed E-state index contributed by atoms with van der Waals surface area (Å²) in [4.78, 5) is 43.0. The molecule has 4 rings (SSSR count). The van der Waals surface area contributed by atoms with Crippen LogP contribution in [0.1, 0.15) is 27.4 Å². The number of urea groups is 1. The molecule has 29 heavy (non-hydrogen) atoms. The first-order valence-corrected chi connectivity index (χ1v) is 8.94. The minimum absolute atomic E-state index is 0.0791. The summed E-state index contributed by atoms with van der Waals surface area (Å²) in [5.74, 6) is 6.29. The monoisotopic (exact) mass is 393 g/mol. The lowest BCUT2D eigenvalue weighted by atomic mass is 9.99. The van der Waals surface area contributed by atoms with E-state index in [1.807, 2.05) is 13.0 Å². The molecule has 0 aliphatic carbocycles. The average molecular weight is 393 g/mol. The predicted molar refractivity (Wildman–Crippen MR) is 102 cm³/mol. The number of nitrogens with one attached hydrogen (secondary N) is 2. The number of carbonyl (C=O) groups is 3. The van der Waals surface area contributed by atoms with Gasteiger partial charge in [0.25, 0.3) is 11.8 Å². The Balaban J connectivity index is 1.66. The number of carbonyl (C=O) groups excluding carboxylic acids is 3. The zero-order valence-electron chi connectivity index (χ0n) is 16.2. The third kappa shape index (κ3) is 3.08. The number of imidazole rings is 1. The van der Waals surface area contributed by atoms with Crippen LogP contribution in [0.3, 0.4) is 0 Å². The molecule has 0 unspecified atom stereocenters. The van der Waals surface area contributed by atoms with E-state index in [0.29, 0.717) is 23.6 Å². The van der Waals surface area contributed by atoms with Crippen LogP contribution in [0, 0.1) is 18.8 Å². The molecule has 1 aromatic carbocycles. The average Bonchev–Trinajstić information content (AvgIpc) is 3.28. The van der Waals surface area contributed by atoms with Gasteiger partial charge in [-0.15, -0.1) is 0 Å². The van der Waals surface area contributed by atoms with Crippen LogP contribution in [-0.4, -0.2) is 51.5 Å². The van der Waals surface area contributed by atoms with Gasteiger partial charge in [0.05, 0.1) is 19.9 Å². The highest BCUT2D eigenvalue weighted by molar-refractivity contribution is 6.10. The highest BCUT2D eigenvalue weighted by Crippen LogP contribution is 2.28. The summed E-state index contributed by atoms with van der Waals surface area (Å²) in [6.45, 7) is 2.07. The summed E-state index contributed by atoms with van der Waals surface area (Å²) >= 11 is 0. The van der Waals surface area contributed by atoms with Crippen molar-refractivity contribution in [1.29, 1.82) is 0 Å². The van der Waals surface area contributed by atoms with Gasteiger partial charge in [-0.1, -0.05) is 12.0 Å². The molecule has 1 aromatic heterocycles. The van der Waals surface area contributed by atoms with Gasteiger partial charge in [-0.25, -0.2) is 9.78 Å². The van der Waals surface area contributed by atoms with Crippen molar-refractivity contribution in [2.24, 2.45) is 7.05 Å². The first-order valence-electron chi connectivity index (χ1n) is 8.94. The Labute approximate surface area is 167 Å². The van der Waals surface area contributed by atoms with Gasteiger partial charge >= 0.3 is 6.03 Å². The second kappa shape index (κ2) is 6.67. The number of aryl methyl sites for hydroxylation is 1. The lowest BCUT2D eigenvalue weighted by molar-refractivity contribution is -0.122. The Bertz CT molecular complexity index is 1110. The van der Waals surface area contributed by atoms with E-state index in [1.54, 1.807) is 29.9 Å². The molecule has 0 saturated carbocycles. The highest BCUT2D eigenvalue weighted by Gasteiger charge is 2.48. The fraction of sp³-hybridized carbons (Fsp3) is 0.300. The van der Waals surface area contributed by atoms with Crippen molar-refractivity contribution in [3.8, 4) is 17.6 Å². The molecule has 2 aliphatic heterocycles. The normalized spacial score (nSPS) is 20.1. The first-order chi connectivity index (χ1) is 13.8. The number of rotatable bonds is 3. The van der Waals surface area contributed by atoms with Crippen molar-refractivity contribution in [3.05, 3.63) is 47.0 Å². The Morgan fingerprint density at radius 1 is 1.31 bits per heavy atom. The quantitative estimate of drug-likeness (QED) is 0.577. The largest absolute Gasteiger partial charge is 0.497 e. The lowest BCUT2D eigenvalue weighted by Crippen LogP contribution is -2.54. The second-order valence-electron chi connectivity index (χ2n) is 7.00. The van der Waals surface area contributed by atoms with E-state index >= 15 is 0 Å². The second-order valence-corrected chi connectivity index (χ2v) is 7.00. The molecule has 2 aromatic rings. The molecule has 1 fully saturated rings. The Morgan fingerprint density at radius 3 is 2.72 bits per heavy atom. The Hall–Kier alpha value is -3.80. The summed E-state index contributed by atoms with van der Waals surface area (Å²) in [7, 11) is 3.34. The molecule has 9 heteroatoms. The highest BCUT2D eigenvalue weighted by atomic mass is 16.5. The zero-order chi connectivity index (χ0) is 20.8.